The molecule has 1 aromatic heterocycles. The van der Waals surface area contributed by atoms with Crippen LogP contribution in [0.25, 0.3) is 10.9 Å². The summed E-state index contributed by atoms with van der Waals surface area (Å²) < 4.78 is 0. The third-order valence-corrected chi connectivity index (χ3v) is 3.79. The fraction of sp³-hybridized carbons (Fsp3) is 0.438. The van der Waals surface area contributed by atoms with Gasteiger partial charge in [-0.15, -0.1) is 0 Å². The molecule has 0 saturated heterocycles. The Bertz CT molecular complexity index is 563. The van der Waals surface area contributed by atoms with Gasteiger partial charge in [-0.2, -0.15) is 0 Å². The van der Waals surface area contributed by atoms with Gasteiger partial charge in [0.1, 0.15) is 5.69 Å². The second-order valence-corrected chi connectivity index (χ2v) is 5.77. The number of halogens is 3. The first-order valence-corrected chi connectivity index (χ1v) is 7.79. The van der Waals surface area contributed by atoms with Gasteiger partial charge >= 0.3 is 0 Å². The van der Waals surface area contributed by atoms with Crippen LogP contribution in [0.4, 0.5) is 5.69 Å². The third-order valence-electron chi connectivity index (χ3n) is 3.56. The van der Waals surface area contributed by atoms with E-state index in [0.717, 1.165) is 10.5 Å². The number of nitrogens with zero attached hydrogens (tertiary/aromatic N) is 1. The summed E-state index contributed by atoms with van der Waals surface area (Å²) >= 11 is 6.02. The summed E-state index contributed by atoms with van der Waals surface area (Å²) in [6.07, 6.45) is 4.36. The molecule has 0 aliphatic rings. The van der Waals surface area contributed by atoms with Crippen molar-refractivity contribution >= 4 is 28.2 Å². The molecule has 0 fully saturated rings. The highest BCUT2D eigenvalue weighted by Crippen LogP contribution is 2.21. The second-order valence-electron chi connectivity index (χ2n) is 5.33. The summed E-state index contributed by atoms with van der Waals surface area (Å²) in [5, 5.41) is 6.63. The number of rotatable bonds is 7. The quantitative estimate of drug-likeness (QED) is 0.482. The maximum Gasteiger partial charge on any atom is 0.140 e. The van der Waals surface area contributed by atoms with E-state index in [9.17, 15) is 0 Å². The molecule has 0 radical (unpaired) electrons. The molecule has 22 heavy (non-hydrogen) atoms. The first-order valence-electron chi connectivity index (χ1n) is 7.41. The van der Waals surface area contributed by atoms with Crippen molar-refractivity contribution in [2.24, 2.45) is 0 Å². The number of aromatic nitrogens is 1. The van der Waals surface area contributed by atoms with Crippen LogP contribution >= 0.6 is 11.6 Å². The van der Waals surface area contributed by atoms with Crippen molar-refractivity contribution in [3.63, 3.8) is 0 Å². The average Bonchev–Trinajstić information content (AvgIpc) is 2.43. The van der Waals surface area contributed by atoms with Gasteiger partial charge < -0.3 is 35.4 Å². The van der Waals surface area contributed by atoms with E-state index in [1.807, 2.05) is 18.3 Å². The molecule has 1 atom stereocenters. The predicted molar refractivity (Wildman–Crippen MR) is 84.4 cm³/mol. The number of nitrogens with two attached hydrogens (primary N) is 2. The molecule has 1 heterocycles. The van der Waals surface area contributed by atoms with Crippen molar-refractivity contribution in [3.8, 4) is 0 Å². The van der Waals surface area contributed by atoms with Crippen LogP contribution in [0, 0.1) is 0 Å². The second kappa shape index (κ2) is 11.0. The number of benzene rings is 1. The molecule has 3 nitrogen and oxygen atoms in total. The number of hydrogen-bond donors (Lipinski definition) is 2. The molecule has 0 amide bonds. The summed E-state index contributed by atoms with van der Waals surface area (Å²) in [4.78, 5) is 4.39. The minimum absolute atomic E-state index is 0. The first-order chi connectivity index (χ1) is 9.70. The van der Waals surface area contributed by atoms with Crippen molar-refractivity contribution < 1.29 is 35.4 Å². The monoisotopic (exact) mass is 363 g/mol. The van der Waals surface area contributed by atoms with Crippen LogP contribution in [0.2, 0.25) is 5.02 Å². The van der Waals surface area contributed by atoms with E-state index in [0.29, 0.717) is 6.04 Å². The number of pyridine rings is 1. The normalized spacial score (nSPS) is 11.6. The summed E-state index contributed by atoms with van der Waals surface area (Å²) in [6, 6.07) is 8.60. The summed E-state index contributed by atoms with van der Waals surface area (Å²) in [7, 11) is 0. The average molecular weight is 365 g/mol. The molecular formula is C16H24Cl3N3. The lowest BCUT2D eigenvalue weighted by molar-refractivity contribution is -0.654. The van der Waals surface area contributed by atoms with Crippen LogP contribution in [0.5, 0.6) is 0 Å². The van der Waals surface area contributed by atoms with Crippen LogP contribution in [0.3, 0.4) is 0 Å². The fourth-order valence-electron chi connectivity index (χ4n) is 2.47. The predicted octanol–water partition coefficient (Wildman–Crippen LogP) is -4.16. The molecule has 1 unspecified atom stereocenters. The Morgan fingerprint density at radius 1 is 1.23 bits per heavy atom. The van der Waals surface area contributed by atoms with E-state index < -0.39 is 0 Å². The zero-order valence-electron chi connectivity index (χ0n) is 13.0. The van der Waals surface area contributed by atoms with E-state index in [1.54, 1.807) is 0 Å². The molecule has 124 valence electrons. The van der Waals surface area contributed by atoms with Crippen LogP contribution in [0.1, 0.15) is 26.7 Å². The fourth-order valence-corrected chi connectivity index (χ4v) is 2.63. The molecule has 0 saturated carbocycles. The molecule has 0 aliphatic carbocycles. The highest BCUT2D eigenvalue weighted by atomic mass is 35.5. The summed E-state index contributed by atoms with van der Waals surface area (Å²) in [5.41, 5.74) is 2.23. The van der Waals surface area contributed by atoms with E-state index >= 15 is 0 Å². The van der Waals surface area contributed by atoms with Gasteiger partial charge in [-0.3, -0.25) is 4.98 Å². The van der Waals surface area contributed by atoms with Gasteiger partial charge in [0.15, 0.2) is 0 Å². The summed E-state index contributed by atoms with van der Waals surface area (Å²) in [6.45, 7) is 6.88. The number of fused-ring (bicyclic) bond motifs is 1. The van der Waals surface area contributed by atoms with Crippen LogP contribution < -0.4 is 35.4 Å². The lowest BCUT2D eigenvalue weighted by atomic mass is 10.1. The minimum Gasteiger partial charge on any atom is -1.00 e. The van der Waals surface area contributed by atoms with Crippen LogP contribution in [-0.2, 0) is 0 Å². The van der Waals surface area contributed by atoms with Gasteiger partial charge in [-0.05, 0) is 32.0 Å². The van der Waals surface area contributed by atoms with Crippen molar-refractivity contribution in [2.45, 2.75) is 32.7 Å². The Balaban J connectivity index is 0.00000220. The molecule has 0 bridgehead atoms. The molecule has 2 rings (SSSR count). The van der Waals surface area contributed by atoms with Gasteiger partial charge in [0.05, 0.1) is 30.0 Å². The minimum atomic E-state index is 0. The third kappa shape index (κ3) is 6.27. The first kappa shape index (κ1) is 21.4. The zero-order chi connectivity index (χ0) is 14.4. The highest BCUT2D eigenvalue weighted by Gasteiger charge is 2.11. The molecule has 0 aliphatic heterocycles. The van der Waals surface area contributed by atoms with E-state index in [2.05, 4.69) is 41.6 Å². The smallest absolute Gasteiger partial charge is 0.140 e. The lowest BCUT2D eigenvalue weighted by Gasteiger charge is -2.11. The van der Waals surface area contributed by atoms with E-state index in [-0.39, 0.29) is 24.8 Å². The van der Waals surface area contributed by atoms with Crippen molar-refractivity contribution in [1.29, 1.82) is 0 Å². The largest absolute Gasteiger partial charge is 1.00 e. The Morgan fingerprint density at radius 3 is 2.73 bits per heavy atom. The molecular weight excluding hydrogens is 341 g/mol. The maximum absolute atomic E-state index is 6.02. The number of quaternary nitrogens is 2. The van der Waals surface area contributed by atoms with Gasteiger partial charge in [-0.25, -0.2) is 0 Å². The van der Waals surface area contributed by atoms with Gasteiger partial charge in [0.2, 0.25) is 0 Å². The van der Waals surface area contributed by atoms with Crippen LogP contribution in [0.15, 0.2) is 30.5 Å². The number of hydrogen-bond acceptors (Lipinski definition) is 1. The molecule has 0 spiro atoms. The Hall–Kier alpha value is -0.580. The van der Waals surface area contributed by atoms with E-state index in [1.165, 1.54) is 37.0 Å². The van der Waals surface area contributed by atoms with Gasteiger partial charge in [0.25, 0.3) is 0 Å². The van der Waals surface area contributed by atoms with Crippen molar-refractivity contribution in [1.82, 2.24) is 4.98 Å². The zero-order valence-corrected chi connectivity index (χ0v) is 15.3. The SMILES string of the molecule is CC[NH2+]CCCC(C)[NH2+]c1ccnc2cc(Cl)ccc12.[Cl-].[Cl-]. The Labute approximate surface area is 150 Å². The topological polar surface area (TPSA) is 46.1 Å². The Kier molecular flexibility index (Phi) is 10.7. The van der Waals surface area contributed by atoms with E-state index in [4.69, 9.17) is 11.6 Å². The van der Waals surface area contributed by atoms with Gasteiger partial charge in [0, 0.05) is 30.1 Å². The Morgan fingerprint density at radius 2 is 2.00 bits per heavy atom. The molecule has 2 aromatic rings. The maximum atomic E-state index is 6.02. The molecule has 4 N–H and O–H groups in total. The highest BCUT2D eigenvalue weighted by molar-refractivity contribution is 6.31. The molecule has 6 heteroatoms. The van der Waals surface area contributed by atoms with Crippen LogP contribution in [-0.4, -0.2) is 24.1 Å². The standard InChI is InChI=1S/C16H22ClN3.2ClH/c1-3-18-9-4-5-12(2)20-15-8-10-19-16-11-13(17)6-7-14(15)16;;/h6-8,10-12,18H,3-5,9H2,1-2H3,(H,19,20);2*1H. The summed E-state index contributed by atoms with van der Waals surface area (Å²) in [5.74, 6) is 0. The van der Waals surface area contributed by atoms with Crippen molar-refractivity contribution in [3.05, 3.63) is 35.5 Å². The molecule has 1 aromatic carbocycles. The van der Waals surface area contributed by atoms with Gasteiger partial charge in [-0.1, -0.05) is 11.6 Å². The lowest BCUT2D eigenvalue weighted by Crippen LogP contribution is -3.00. The van der Waals surface area contributed by atoms with Crippen molar-refractivity contribution in [2.75, 3.05) is 13.1 Å².